The summed E-state index contributed by atoms with van der Waals surface area (Å²) in [5.41, 5.74) is 1.85. The minimum absolute atomic E-state index is 0.246. The van der Waals surface area contributed by atoms with Crippen molar-refractivity contribution in [2.75, 3.05) is 6.54 Å². The van der Waals surface area contributed by atoms with Crippen LogP contribution >= 0.6 is 11.3 Å². The Labute approximate surface area is 153 Å². The first kappa shape index (κ1) is 17.6. The maximum atomic E-state index is 9.94. The first-order chi connectivity index (χ1) is 12.5. The van der Waals surface area contributed by atoms with Crippen LogP contribution in [0.5, 0.6) is 17.2 Å². The number of aromatic hydroxyl groups is 3. The number of nitrogens with zero attached hydrogens (tertiary/aromatic N) is 3. The Hall–Kier alpha value is -3.26. The van der Waals surface area contributed by atoms with Crippen molar-refractivity contribution in [3.8, 4) is 28.7 Å². The van der Waals surface area contributed by atoms with E-state index in [4.69, 9.17) is 4.42 Å². The van der Waals surface area contributed by atoms with Crippen molar-refractivity contribution < 1.29 is 19.7 Å². The fraction of sp³-hybridized carbons (Fsp3) is 0.111. The second-order valence-electron chi connectivity index (χ2n) is 5.58. The van der Waals surface area contributed by atoms with Gasteiger partial charge in [0.2, 0.25) is 10.6 Å². The van der Waals surface area contributed by atoms with E-state index in [0.717, 1.165) is 5.57 Å². The van der Waals surface area contributed by atoms with Crippen LogP contribution in [0, 0.1) is 0 Å². The molecule has 3 rings (SSSR count). The van der Waals surface area contributed by atoms with Gasteiger partial charge in [0.1, 0.15) is 5.69 Å². The smallest absolute Gasteiger partial charge is 0.206 e. The average Bonchev–Trinajstić information content (AvgIpc) is 3.26. The van der Waals surface area contributed by atoms with Crippen molar-refractivity contribution in [2.45, 2.75) is 6.92 Å². The summed E-state index contributed by atoms with van der Waals surface area (Å²) in [4.78, 5) is 5.10. The van der Waals surface area contributed by atoms with E-state index in [9.17, 15) is 15.3 Å². The summed E-state index contributed by atoms with van der Waals surface area (Å²) in [5.74, 6) is -0.837. The van der Waals surface area contributed by atoms with E-state index in [1.54, 1.807) is 23.1 Å². The molecule has 3 aromatic rings. The molecule has 0 aliphatic carbocycles. The lowest BCUT2D eigenvalue weighted by Gasteiger charge is -2.04. The maximum absolute atomic E-state index is 9.94. The Morgan fingerprint density at radius 3 is 2.77 bits per heavy atom. The normalized spacial score (nSPS) is 12.1. The number of phenolic OH excluding ortho intramolecular Hbond substituents is 3. The minimum atomic E-state index is -0.595. The van der Waals surface area contributed by atoms with E-state index < -0.39 is 17.2 Å². The van der Waals surface area contributed by atoms with Gasteiger partial charge in [-0.3, -0.25) is 4.99 Å². The predicted molar refractivity (Wildman–Crippen MR) is 99.7 cm³/mol. The zero-order valence-electron chi connectivity index (χ0n) is 14.0. The van der Waals surface area contributed by atoms with E-state index in [1.165, 1.54) is 29.7 Å². The highest BCUT2D eigenvalue weighted by atomic mass is 32.1. The zero-order valence-corrected chi connectivity index (χ0v) is 14.8. The zero-order chi connectivity index (χ0) is 18.7. The molecule has 26 heavy (non-hydrogen) atoms. The van der Waals surface area contributed by atoms with Crippen molar-refractivity contribution in [1.82, 2.24) is 4.68 Å². The minimum Gasteiger partial charge on any atom is -0.504 e. The first-order valence-electron chi connectivity index (χ1n) is 7.65. The topological polar surface area (TPSA) is 103 Å². The van der Waals surface area contributed by atoms with Crippen LogP contribution in [0.1, 0.15) is 12.5 Å². The van der Waals surface area contributed by atoms with E-state index in [0.29, 0.717) is 22.8 Å². The molecule has 0 amide bonds. The standard InChI is InChI=1S/C18H17N3O4S/c1-11(2)8-19-18-21(13(10-26-18)15-4-3-7-25-15)20-9-12-5-6-14(22)17(24)16(12)23/h3-7,9-10,22-24H,1,8H2,2H3. The Kier molecular flexibility index (Phi) is 4.94. The van der Waals surface area contributed by atoms with Crippen LogP contribution in [0.2, 0.25) is 0 Å². The highest BCUT2D eigenvalue weighted by Crippen LogP contribution is 2.36. The molecule has 0 spiro atoms. The molecule has 7 nitrogen and oxygen atoms in total. The van der Waals surface area contributed by atoms with Crippen molar-refractivity contribution in [1.29, 1.82) is 0 Å². The van der Waals surface area contributed by atoms with Gasteiger partial charge in [0.05, 0.1) is 19.0 Å². The van der Waals surface area contributed by atoms with E-state index in [1.807, 2.05) is 12.3 Å². The molecule has 8 heteroatoms. The largest absolute Gasteiger partial charge is 0.504 e. The third-order valence-electron chi connectivity index (χ3n) is 3.42. The predicted octanol–water partition coefficient (Wildman–Crippen LogP) is 3.29. The fourth-order valence-electron chi connectivity index (χ4n) is 2.13. The number of phenols is 3. The molecule has 0 aliphatic rings. The number of rotatable bonds is 5. The molecule has 0 unspecified atom stereocenters. The van der Waals surface area contributed by atoms with Gasteiger partial charge in [-0.15, -0.1) is 11.3 Å². The van der Waals surface area contributed by atoms with Crippen molar-refractivity contribution >= 4 is 17.6 Å². The molecule has 0 saturated heterocycles. The highest BCUT2D eigenvalue weighted by Gasteiger charge is 2.12. The number of furan rings is 1. The van der Waals surface area contributed by atoms with Crippen LogP contribution < -0.4 is 4.80 Å². The summed E-state index contributed by atoms with van der Waals surface area (Å²) in [5, 5.41) is 35.2. The van der Waals surface area contributed by atoms with Crippen LogP contribution in [0.4, 0.5) is 0 Å². The van der Waals surface area contributed by atoms with Gasteiger partial charge in [0.25, 0.3) is 0 Å². The van der Waals surface area contributed by atoms with Crippen LogP contribution in [0.15, 0.2) is 62.6 Å². The molecule has 2 heterocycles. The van der Waals surface area contributed by atoms with Crippen molar-refractivity contribution in [3.05, 3.63) is 58.4 Å². The van der Waals surface area contributed by atoms with E-state index >= 15 is 0 Å². The molecule has 1 aromatic carbocycles. The van der Waals surface area contributed by atoms with Crippen LogP contribution in [-0.4, -0.2) is 32.8 Å². The molecule has 134 valence electrons. The molecule has 2 aromatic heterocycles. The summed E-state index contributed by atoms with van der Waals surface area (Å²) in [6.45, 7) is 6.18. The Morgan fingerprint density at radius 1 is 1.27 bits per heavy atom. The van der Waals surface area contributed by atoms with Gasteiger partial charge in [0.15, 0.2) is 17.3 Å². The third kappa shape index (κ3) is 3.55. The summed E-state index contributed by atoms with van der Waals surface area (Å²) in [7, 11) is 0. The number of benzene rings is 1. The summed E-state index contributed by atoms with van der Waals surface area (Å²) < 4.78 is 7.02. The first-order valence-corrected chi connectivity index (χ1v) is 8.53. The molecule has 0 bridgehead atoms. The monoisotopic (exact) mass is 371 g/mol. The van der Waals surface area contributed by atoms with Crippen molar-refractivity contribution in [2.24, 2.45) is 10.1 Å². The summed E-state index contributed by atoms with van der Waals surface area (Å²) in [6.07, 6.45) is 2.93. The molecular weight excluding hydrogens is 354 g/mol. The molecule has 0 aliphatic heterocycles. The number of hydrogen-bond donors (Lipinski definition) is 3. The van der Waals surface area contributed by atoms with Crippen LogP contribution in [0.25, 0.3) is 11.5 Å². The van der Waals surface area contributed by atoms with Gasteiger partial charge in [0, 0.05) is 10.9 Å². The second-order valence-corrected chi connectivity index (χ2v) is 6.42. The van der Waals surface area contributed by atoms with Gasteiger partial charge >= 0.3 is 0 Å². The summed E-state index contributed by atoms with van der Waals surface area (Å²) >= 11 is 1.39. The lowest BCUT2D eigenvalue weighted by atomic mass is 10.2. The molecule has 0 saturated carbocycles. The average molecular weight is 371 g/mol. The lowest BCUT2D eigenvalue weighted by molar-refractivity contribution is 0.367. The molecule has 0 atom stereocenters. The Balaban J connectivity index is 2.08. The number of hydrogen-bond acceptors (Lipinski definition) is 7. The molecule has 0 radical (unpaired) electrons. The highest BCUT2D eigenvalue weighted by molar-refractivity contribution is 7.07. The third-order valence-corrected chi connectivity index (χ3v) is 4.27. The van der Waals surface area contributed by atoms with Gasteiger partial charge in [-0.05, 0) is 31.2 Å². The van der Waals surface area contributed by atoms with Gasteiger partial charge in [-0.25, -0.2) is 4.68 Å². The van der Waals surface area contributed by atoms with E-state index in [2.05, 4.69) is 16.7 Å². The molecular formula is C18H17N3O4S. The Bertz CT molecular complexity index is 1030. The van der Waals surface area contributed by atoms with Crippen LogP contribution in [-0.2, 0) is 0 Å². The lowest BCUT2D eigenvalue weighted by Crippen LogP contribution is -2.12. The second kappa shape index (κ2) is 7.32. The molecule has 3 N–H and O–H groups in total. The fourth-order valence-corrected chi connectivity index (χ4v) is 2.94. The number of aromatic nitrogens is 1. The van der Waals surface area contributed by atoms with Crippen molar-refractivity contribution in [3.63, 3.8) is 0 Å². The van der Waals surface area contributed by atoms with Gasteiger partial charge < -0.3 is 19.7 Å². The SMILES string of the molecule is C=C(C)CN=c1scc(-c2ccco2)n1N=Cc1ccc(O)c(O)c1O. The van der Waals surface area contributed by atoms with Gasteiger partial charge in [-0.1, -0.05) is 12.2 Å². The summed E-state index contributed by atoms with van der Waals surface area (Å²) in [6, 6.07) is 6.29. The maximum Gasteiger partial charge on any atom is 0.206 e. The molecule has 0 fully saturated rings. The van der Waals surface area contributed by atoms with E-state index in [-0.39, 0.29) is 5.56 Å². The quantitative estimate of drug-likeness (QED) is 0.364. The van der Waals surface area contributed by atoms with Gasteiger partial charge in [-0.2, -0.15) is 5.10 Å². The Morgan fingerprint density at radius 2 is 2.08 bits per heavy atom. The number of thiazole rings is 1. The van der Waals surface area contributed by atoms with Crippen LogP contribution in [0.3, 0.4) is 0 Å².